The molecule has 0 spiro atoms. The van der Waals surface area contributed by atoms with Crippen LogP contribution < -0.4 is 5.32 Å². The van der Waals surface area contributed by atoms with Gasteiger partial charge in [0.1, 0.15) is 5.52 Å². The Hall–Kier alpha value is -2.86. The second kappa shape index (κ2) is 5.35. The Bertz CT molecular complexity index is 1100. The SMILES string of the molecule is CC(=O)c1ccc2c(c1)nc(Nc1nc3ccc(Cl)cc3o1)n2C. The molecule has 0 amide bonds. The number of Topliss-reactive ketones (excluding diaryl/α,β-unsaturated/α-hetero) is 1. The summed E-state index contributed by atoms with van der Waals surface area (Å²) in [7, 11) is 1.88. The number of hydrogen-bond donors (Lipinski definition) is 1. The van der Waals surface area contributed by atoms with Gasteiger partial charge in [0.05, 0.1) is 11.0 Å². The number of imidazole rings is 1. The summed E-state index contributed by atoms with van der Waals surface area (Å²) in [5.74, 6) is 0.580. The van der Waals surface area contributed by atoms with Crippen molar-refractivity contribution in [2.75, 3.05) is 5.32 Å². The molecule has 120 valence electrons. The van der Waals surface area contributed by atoms with E-state index in [9.17, 15) is 4.79 Å². The van der Waals surface area contributed by atoms with Crippen LogP contribution in [0.4, 0.5) is 12.0 Å². The van der Waals surface area contributed by atoms with Gasteiger partial charge in [0.2, 0.25) is 5.95 Å². The summed E-state index contributed by atoms with van der Waals surface area (Å²) in [6.07, 6.45) is 0. The van der Waals surface area contributed by atoms with Crippen molar-refractivity contribution in [3.05, 3.63) is 47.0 Å². The second-order valence-electron chi connectivity index (χ2n) is 5.51. The van der Waals surface area contributed by atoms with Gasteiger partial charge in [0, 0.05) is 23.7 Å². The second-order valence-corrected chi connectivity index (χ2v) is 5.95. The molecule has 2 aromatic heterocycles. The van der Waals surface area contributed by atoms with Gasteiger partial charge in [-0.25, -0.2) is 4.98 Å². The zero-order valence-electron chi connectivity index (χ0n) is 13.0. The topological polar surface area (TPSA) is 73.0 Å². The lowest BCUT2D eigenvalue weighted by molar-refractivity contribution is 0.101. The van der Waals surface area contributed by atoms with Gasteiger partial charge in [-0.15, -0.1) is 0 Å². The zero-order valence-corrected chi connectivity index (χ0v) is 13.8. The summed E-state index contributed by atoms with van der Waals surface area (Å²) < 4.78 is 7.53. The maximum Gasteiger partial charge on any atom is 0.302 e. The van der Waals surface area contributed by atoms with E-state index in [0.717, 1.165) is 11.0 Å². The molecule has 1 N–H and O–H groups in total. The van der Waals surface area contributed by atoms with Gasteiger partial charge in [-0.05, 0) is 37.3 Å². The number of carbonyl (C=O) groups is 1. The third-order valence-electron chi connectivity index (χ3n) is 3.86. The van der Waals surface area contributed by atoms with E-state index in [1.807, 2.05) is 17.7 Å². The molecule has 4 rings (SSSR count). The van der Waals surface area contributed by atoms with Crippen molar-refractivity contribution in [3.8, 4) is 0 Å². The maximum absolute atomic E-state index is 11.5. The van der Waals surface area contributed by atoms with Gasteiger partial charge >= 0.3 is 6.01 Å². The highest BCUT2D eigenvalue weighted by Crippen LogP contribution is 2.26. The van der Waals surface area contributed by atoms with E-state index in [1.165, 1.54) is 6.92 Å². The van der Waals surface area contributed by atoms with Gasteiger partial charge in [0.25, 0.3) is 0 Å². The van der Waals surface area contributed by atoms with Gasteiger partial charge in [0.15, 0.2) is 11.4 Å². The van der Waals surface area contributed by atoms with Crippen molar-refractivity contribution >= 4 is 51.5 Å². The van der Waals surface area contributed by atoms with Crippen LogP contribution in [0.2, 0.25) is 5.02 Å². The third kappa shape index (κ3) is 2.41. The monoisotopic (exact) mass is 340 g/mol. The van der Waals surface area contributed by atoms with Gasteiger partial charge in [-0.3, -0.25) is 10.1 Å². The molecule has 2 aromatic carbocycles. The number of ketones is 1. The Balaban J connectivity index is 1.75. The van der Waals surface area contributed by atoms with Crippen LogP contribution in [0.3, 0.4) is 0 Å². The molecular formula is C17H13ClN4O2. The number of hydrogen-bond acceptors (Lipinski definition) is 5. The first-order valence-corrected chi connectivity index (χ1v) is 7.69. The van der Waals surface area contributed by atoms with E-state index in [0.29, 0.717) is 33.6 Å². The quantitative estimate of drug-likeness (QED) is 0.562. The molecule has 7 heteroatoms. The molecule has 0 aliphatic rings. The summed E-state index contributed by atoms with van der Waals surface area (Å²) in [6.45, 7) is 1.53. The van der Waals surface area contributed by atoms with Crippen molar-refractivity contribution in [3.63, 3.8) is 0 Å². The number of oxazole rings is 1. The van der Waals surface area contributed by atoms with Gasteiger partial charge in [-0.2, -0.15) is 4.98 Å². The summed E-state index contributed by atoms with van der Waals surface area (Å²) in [4.78, 5) is 20.4. The lowest BCUT2D eigenvalue weighted by atomic mass is 10.1. The van der Waals surface area contributed by atoms with E-state index in [1.54, 1.807) is 30.3 Å². The van der Waals surface area contributed by atoms with Crippen LogP contribution in [-0.4, -0.2) is 20.3 Å². The minimum absolute atomic E-state index is 0.00731. The fourth-order valence-corrected chi connectivity index (χ4v) is 2.74. The number of fused-ring (bicyclic) bond motifs is 2. The lowest BCUT2D eigenvalue weighted by Crippen LogP contribution is -1.99. The lowest BCUT2D eigenvalue weighted by Gasteiger charge is -2.01. The highest BCUT2D eigenvalue weighted by molar-refractivity contribution is 6.31. The van der Waals surface area contributed by atoms with Crippen molar-refractivity contribution in [2.45, 2.75) is 6.92 Å². The number of aromatic nitrogens is 3. The molecule has 4 aromatic rings. The van der Waals surface area contributed by atoms with Crippen molar-refractivity contribution < 1.29 is 9.21 Å². The molecule has 2 heterocycles. The summed E-state index contributed by atoms with van der Waals surface area (Å²) in [5.41, 5.74) is 3.57. The number of aryl methyl sites for hydroxylation is 1. The molecule has 0 bridgehead atoms. The Labute approximate surface area is 142 Å². The van der Waals surface area contributed by atoms with Crippen LogP contribution in [0.5, 0.6) is 0 Å². The number of nitrogens with zero attached hydrogens (tertiary/aromatic N) is 3. The fourth-order valence-electron chi connectivity index (χ4n) is 2.58. The predicted molar refractivity (Wildman–Crippen MR) is 93.0 cm³/mol. The largest absolute Gasteiger partial charge is 0.423 e. The van der Waals surface area contributed by atoms with Crippen LogP contribution in [0.1, 0.15) is 17.3 Å². The molecule has 24 heavy (non-hydrogen) atoms. The normalized spacial score (nSPS) is 11.3. The van der Waals surface area contributed by atoms with Crippen LogP contribution in [-0.2, 0) is 7.05 Å². The fraction of sp³-hybridized carbons (Fsp3) is 0.118. The van der Waals surface area contributed by atoms with Crippen molar-refractivity contribution in [1.29, 1.82) is 0 Å². The molecule has 6 nitrogen and oxygen atoms in total. The summed E-state index contributed by atoms with van der Waals surface area (Å²) in [5, 5.41) is 3.65. The van der Waals surface area contributed by atoms with E-state index in [-0.39, 0.29) is 5.78 Å². The first kappa shape index (κ1) is 14.7. The molecular weight excluding hydrogens is 328 g/mol. The summed E-state index contributed by atoms with van der Waals surface area (Å²) in [6, 6.07) is 11.0. The molecule has 0 radical (unpaired) electrons. The van der Waals surface area contributed by atoms with Gasteiger partial charge in [-0.1, -0.05) is 11.6 Å². The molecule has 0 saturated carbocycles. The number of carbonyl (C=O) groups excluding carboxylic acids is 1. The third-order valence-corrected chi connectivity index (χ3v) is 4.09. The maximum atomic E-state index is 11.5. The number of halogens is 1. The molecule has 0 saturated heterocycles. The molecule has 0 aliphatic heterocycles. The Kier molecular flexibility index (Phi) is 3.28. The van der Waals surface area contributed by atoms with Gasteiger partial charge < -0.3 is 8.98 Å². The number of benzene rings is 2. The summed E-state index contributed by atoms with van der Waals surface area (Å²) >= 11 is 5.95. The predicted octanol–water partition coefficient (Wildman–Crippen LogP) is 4.31. The molecule has 0 atom stereocenters. The minimum Gasteiger partial charge on any atom is -0.423 e. The first-order chi connectivity index (χ1) is 11.5. The minimum atomic E-state index is 0.00731. The van der Waals surface area contributed by atoms with Crippen LogP contribution in [0.15, 0.2) is 40.8 Å². The van der Waals surface area contributed by atoms with E-state index in [4.69, 9.17) is 16.0 Å². The van der Waals surface area contributed by atoms with Crippen molar-refractivity contribution in [2.24, 2.45) is 7.05 Å². The van der Waals surface area contributed by atoms with E-state index >= 15 is 0 Å². The number of rotatable bonds is 3. The van der Waals surface area contributed by atoms with E-state index in [2.05, 4.69) is 15.3 Å². The van der Waals surface area contributed by atoms with Crippen LogP contribution in [0.25, 0.3) is 22.1 Å². The average molecular weight is 341 g/mol. The zero-order chi connectivity index (χ0) is 16.8. The van der Waals surface area contributed by atoms with Crippen molar-refractivity contribution in [1.82, 2.24) is 14.5 Å². The average Bonchev–Trinajstić information content (AvgIpc) is 3.08. The first-order valence-electron chi connectivity index (χ1n) is 7.32. The molecule has 0 aliphatic carbocycles. The molecule has 0 unspecified atom stereocenters. The van der Waals surface area contributed by atoms with Crippen LogP contribution in [0, 0.1) is 0 Å². The van der Waals surface area contributed by atoms with E-state index < -0.39 is 0 Å². The number of anilines is 2. The van der Waals surface area contributed by atoms with Crippen LogP contribution >= 0.6 is 11.6 Å². The molecule has 0 fully saturated rings. The highest BCUT2D eigenvalue weighted by atomic mass is 35.5. The number of nitrogens with one attached hydrogen (secondary N) is 1. The smallest absolute Gasteiger partial charge is 0.302 e. The Morgan fingerprint density at radius 2 is 2.00 bits per heavy atom. The highest BCUT2D eigenvalue weighted by Gasteiger charge is 2.13. The Morgan fingerprint density at radius 3 is 2.79 bits per heavy atom. The Morgan fingerprint density at radius 1 is 1.17 bits per heavy atom. The standard InChI is InChI=1S/C17H13ClN4O2/c1-9(23)10-3-6-14-13(7-10)19-16(22(14)2)21-17-20-12-5-4-11(18)8-15(12)24-17/h3-8H,1-2H3,(H,19,20,21).